The molecule has 0 spiro atoms. The van der Waals surface area contributed by atoms with Crippen molar-refractivity contribution in [3.8, 4) is 10.6 Å². The second-order valence-electron chi connectivity index (χ2n) is 4.88. The Labute approximate surface area is 127 Å². The van der Waals surface area contributed by atoms with Crippen LogP contribution in [0.3, 0.4) is 0 Å². The number of aryl methyl sites for hydroxylation is 3. The number of aromatic nitrogens is 3. The van der Waals surface area contributed by atoms with E-state index in [0.717, 1.165) is 39.3 Å². The minimum absolute atomic E-state index is 0.647. The first-order valence-corrected chi connectivity index (χ1v) is 7.76. The number of furan rings is 1. The van der Waals surface area contributed by atoms with Crippen molar-refractivity contribution in [1.82, 2.24) is 14.8 Å². The molecule has 0 aliphatic carbocycles. The van der Waals surface area contributed by atoms with E-state index in [0.29, 0.717) is 6.54 Å². The quantitative estimate of drug-likeness (QED) is 0.782. The van der Waals surface area contributed by atoms with E-state index in [1.807, 2.05) is 38.4 Å². The van der Waals surface area contributed by atoms with Crippen molar-refractivity contribution in [2.45, 2.75) is 26.8 Å². The molecule has 0 aromatic carbocycles. The first-order chi connectivity index (χ1) is 10.2. The summed E-state index contributed by atoms with van der Waals surface area (Å²) < 4.78 is 7.48. The van der Waals surface area contributed by atoms with Crippen LogP contribution in [-0.4, -0.2) is 14.8 Å². The van der Waals surface area contributed by atoms with E-state index in [-0.39, 0.29) is 0 Å². The molecule has 6 heteroatoms. The number of nitrogens with zero attached hydrogens (tertiary/aromatic N) is 3. The molecular weight excluding hydrogens is 284 g/mol. The van der Waals surface area contributed by atoms with Crippen molar-refractivity contribution in [3.63, 3.8) is 0 Å². The lowest BCUT2D eigenvalue weighted by molar-refractivity contribution is 0.476. The second-order valence-corrected chi connectivity index (χ2v) is 5.88. The van der Waals surface area contributed by atoms with Gasteiger partial charge in [0.1, 0.15) is 17.2 Å². The molecule has 5 nitrogen and oxygen atoms in total. The topological polar surface area (TPSA) is 55.9 Å². The van der Waals surface area contributed by atoms with Gasteiger partial charge in [-0.15, -0.1) is 0 Å². The number of hydrogen-bond donors (Lipinski definition) is 1. The number of anilines is 1. The summed E-state index contributed by atoms with van der Waals surface area (Å²) in [6.07, 6.45) is 2.86. The predicted octanol–water partition coefficient (Wildman–Crippen LogP) is 3.62. The summed E-state index contributed by atoms with van der Waals surface area (Å²) in [5.74, 6) is 1.94. The van der Waals surface area contributed by atoms with Crippen molar-refractivity contribution in [1.29, 1.82) is 0 Å². The minimum Gasteiger partial charge on any atom is -0.464 e. The predicted molar refractivity (Wildman–Crippen MR) is 84.5 cm³/mol. The average molecular weight is 302 g/mol. The molecule has 0 radical (unpaired) electrons. The fraction of sp³-hybridized carbons (Fsp3) is 0.333. The second kappa shape index (κ2) is 5.73. The van der Waals surface area contributed by atoms with E-state index in [2.05, 4.69) is 22.3 Å². The van der Waals surface area contributed by atoms with E-state index in [1.54, 1.807) is 16.0 Å². The average Bonchev–Trinajstić information content (AvgIpc) is 3.16. The minimum atomic E-state index is 0.647. The lowest BCUT2D eigenvalue weighted by Gasteiger charge is -1.98. The van der Waals surface area contributed by atoms with Crippen LogP contribution in [0, 0.1) is 6.92 Å². The molecule has 0 aliphatic heterocycles. The monoisotopic (exact) mass is 302 g/mol. The normalized spacial score (nSPS) is 11.0. The van der Waals surface area contributed by atoms with E-state index < -0.39 is 0 Å². The molecule has 3 aromatic rings. The molecule has 0 saturated carbocycles. The zero-order chi connectivity index (χ0) is 14.8. The molecule has 0 atom stereocenters. The number of thiazole rings is 1. The zero-order valence-corrected chi connectivity index (χ0v) is 13.2. The number of nitrogens with one attached hydrogen (secondary N) is 1. The molecule has 0 unspecified atom stereocenters. The molecular formula is C15H18N4OS. The Bertz CT molecular complexity index is 741. The summed E-state index contributed by atoms with van der Waals surface area (Å²) >= 11 is 1.62. The van der Waals surface area contributed by atoms with Gasteiger partial charge in [-0.25, -0.2) is 4.98 Å². The van der Waals surface area contributed by atoms with Gasteiger partial charge in [0.15, 0.2) is 5.13 Å². The Kier molecular flexibility index (Phi) is 3.79. The molecule has 0 fully saturated rings. The van der Waals surface area contributed by atoms with Gasteiger partial charge in [0.2, 0.25) is 0 Å². The van der Waals surface area contributed by atoms with Gasteiger partial charge >= 0.3 is 0 Å². The van der Waals surface area contributed by atoms with Crippen LogP contribution in [0.1, 0.15) is 24.1 Å². The lowest BCUT2D eigenvalue weighted by atomic mass is 10.3. The maximum atomic E-state index is 5.68. The Morgan fingerprint density at radius 2 is 2.10 bits per heavy atom. The number of hydrogen-bond acceptors (Lipinski definition) is 5. The summed E-state index contributed by atoms with van der Waals surface area (Å²) in [5, 5.41) is 8.64. The standard InChI is InChI=1S/C15H18N4OS/c1-4-11-5-6-12(20-11)9-16-15-17-10(2)14(21-15)13-7-8-19(3)18-13/h5-8H,4,9H2,1-3H3,(H,16,17). The third-order valence-corrected chi connectivity index (χ3v) is 4.36. The van der Waals surface area contributed by atoms with E-state index in [4.69, 9.17) is 4.42 Å². The highest BCUT2D eigenvalue weighted by atomic mass is 32.1. The van der Waals surface area contributed by atoms with Crippen LogP contribution in [0.15, 0.2) is 28.8 Å². The van der Waals surface area contributed by atoms with Crippen LogP contribution in [-0.2, 0) is 20.0 Å². The summed E-state index contributed by atoms with van der Waals surface area (Å²) in [6.45, 7) is 4.74. The highest BCUT2D eigenvalue weighted by Gasteiger charge is 2.12. The van der Waals surface area contributed by atoms with Gasteiger partial charge in [-0.3, -0.25) is 4.68 Å². The van der Waals surface area contributed by atoms with E-state index in [9.17, 15) is 0 Å². The van der Waals surface area contributed by atoms with Crippen molar-refractivity contribution in [2.24, 2.45) is 7.05 Å². The molecule has 3 aromatic heterocycles. The SMILES string of the molecule is CCc1ccc(CNc2nc(C)c(-c3ccn(C)n3)s2)o1. The molecule has 3 rings (SSSR count). The lowest BCUT2D eigenvalue weighted by Crippen LogP contribution is -1.97. The van der Waals surface area contributed by atoms with Gasteiger partial charge < -0.3 is 9.73 Å². The zero-order valence-electron chi connectivity index (χ0n) is 12.4. The Morgan fingerprint density at radius 3 is 2.76 bits per heavy atom. The van der Waals surface area contributed by atoms with Gasteiger partial charge in [0, 0.05) is 19.7 Å². The molecule has 0 bridgehead atoms. The van der Waals surface area contributed by atoms with Crippen LogP contribution in [0.4, 0.5) is 5.13 Å². The molecule has 0 amide bonds. The largest absolute Gasteiger partial charge is 0.464 e. The Balaban J connectivity index is 1.72. The van der Waals surface area contributed by atoms with Gasteiger partial charge in [0.25, 0.3) is 0 Å². The van der Waals surface area contributed by atoms with E-state index in [1.165, 1.54) is 0 Å². The molecule has 1 N–H and O–H groups in total. The fourth-order valence-electron chi connectivity index (χ4n) is 2.12. The van der Waals surface area contributed by atoms with Crippen LogP contribution in [0.2, 0.25) is 0 Å². The maximum Gasteiger partial charge on any atom is 0.183 e. The first kappa shape index (κ1) is 13.9. The highest BCUT2D eigenvalue weighted by Crippen LogP contribution is 2.31. The van der Waals surface area contributed by atoms with Crippen LogP contribution >= 0.6 is 11.3 Å². The third kappa shape index (κ3) is 3.00. The molecule has 0 saturated heterocycles. The van der Waals surface area contributed by atoms with Crippen LogP contribution < -0.4 is 5.32 Å². The molecule has 0 aliphatic rings. The van der Waals surface area contributed by atoms with Crippen molar-refractivity contribution in [2.75, 3.05) is 5.32 Å². The van der Waals surface area contributed by atoms with Gasteiger partial charge in [-0.1, -0.05) is 18.3 Å². The van der Waals surface area contributed by atoms with Gasteiger partial charge in [-0.2, -0.15) is 5.10 Å². The third-order valence-electron chi connectivity index (χ3n) is 3.22. The Hall–Kier alpha value is -2.08. The van der Waals surface area contributed by atoms with Gasteiger partial charge in [0.05, 0.1) is 17.1 Å². The maximum absolute atomic E-state index is 5.68. The molecule has 21 heavy (non-hydrogen) atoms. The summed E-state index contributed by atoms with van der Waals surface area (Å²) in [4.78, 5) is 5.66. The summed E-state index contributed by atoms with van der Waals surface area (Å²) in [7, 11) is 1.92. The van der Waals surface area contributed by atoms with Crippen molar-refractivity contribution in [3.05, 3.63) is 41.6 Å². The van der Waals surface area contributed by atoms with Crippen molar-refractivity contribution < 1.29 is 4.42 Å². The molecule has 3 heterocycles. The molecule has 110 valence electrons. The first-order valence-electron chi connectivity index (χ1n) is 6.94. The van der Waals surface area contributed by atoms with Gasteiger partial charge in [-0.05, 0) is 25.1 Å². The summed E-state index contributed by atoms with van der Waals surface area (Å²) in [6, 6.07) is 6.03. The summed E-state index contributed by atoms with van der Waals surface area (Å²) in [5.41, 5.74) is 1.96. The highest BCUT2D eigenvalue weighted by molar-refractivity contribution is 7.19. The smallest absolute Gasteiger partial charge is 0.183 e. The van der Waals surface area contributed by atoms with Crippen molar-refractivity contribution >= 4 is 16.5 Å². The number of rotatable bonds is 5. The fourth-order valence-corrected chi connectivity index (χ4v) is 3.04. The Morgan fingerprint density at radius 1 is 1.29 bits per heavy atom. The van der Waals surface area contributed by atoms with Crippen LogP contribution in [0.25, 0.3) is 10.6 Å². The van der Waals surface area contributed by atoms with E-state index >= 15 is 0 Å². The van der Waals surface area contributed by atoms with Crippen LogP contribution in [0.5, 0.6) is 0 Å².